The smallest absolute Gasteiger partial charge is 0.220 e. The molecule has 0 saturated heterocycles. The fraction of sp³-hybridized carbons (Fsp3) is 0.348. The molecule has 0 unspecified atom stereocenters. The molecule has 0 bridgehead atoms. The highest BCUT2D eigenvalue weighted by Crippen LogP contribution is 2.30. The molecule has 1 atom stereocenters. The Morgan fingerprint density at radius 2 is 1.83 bits per heavy atom. The lowest BCUT2D eigenvalue weighted by Crippen LogP contribution is -2.27. The Morgan fingerprint density at radius 3 is 2.69 bits per heavy atom. The van der Waals surface area contributed by atoms with E-state index in [1.54, 1.807) is 7.11 Å². The summed E-state index contributed by atoms with van der Waals surface area (Å²) >= 11 is 0. The van der Waals surface area contributed by atoms with E-state index in [4.69, 9.17) is 9.15 Å². The van der Waals surface area contributed by atoms with Crippen LogP contribution in [-0.2, 0) is 30.5 Å². The molecular formula is C23H25N3O3. The van der Waals surface area contributed by atoms with Crippen LogP contribution >= 0.6 is 0 Å². The monoisotopic (exact) mass is 391 g/mol. The average Bonchev–Trinajstić information content (AvgIpc) is 3.38. The minimum atomic E-state index is 0.0143. The molecule has 1 aliphatic carbocycles. The molecule has 6 heteroatoms. The largest absolute Gasteiger partial charge is 0.496 e. The Morgan fingerprint density at radius 1 is 1.07 bits per heavy atom. The molecule has 0 spiro atoms. The van der Waals surface area contributed by atoms with Gasteiger partial charge in [-0.25, -0.2) is 0 Å². The molecule has 6 nitrogen and oxygen atoms in total. The number of benzene rings is 2. The van der Waals surface area contributed by atoms with Crippen molar-refractivity contribution in [3.63, 3.8) is 0 Å². The van der Waals surface area contributed by atoms with Gasteiger partial charge >= 0.3 is 0 Å². The summed E-state index contributed by atoms with van der Waals surface area (Å²) in [7, 11) is 1.67. The third-order valence-corrected chi connectivity index (χ3v) is 5.34. The molecule has 1 N–H and O–H groups in total. The fourth-order valence-electron chi connectivity index (χ4n) is 3.84. The number of nitrogens with zero attached hydrogens (tertiary/aromatic N) is 2. The van der Waals surface area contributed by atoms with Crippen molar-refractivity contribution in [2.24, 2.45) is 0 Å². The van der Waals surface area contributed by atoms with Crippen molar-refractivity contribution in [3.8, 4) is 5.75 Å². The minimum Gasteiger partial charge on any atom is -0.496 e. The lowest BCUT2D eigenvalue weighted by molar-refractivity contribution is -0.121. The number of aromatic nitrogens is 2. The molecule has 1 aromatic heterocycles. The quantitative estimate of drug-likeness (QED) is 0.635. The van der Waals surface area contributed by atoms with Gasteiger partial charge in [0.2, 0.25) is 17.7 Å². The number of aryl methyl sites for hydroxylation is 4. The number of hydrogen-bond acceptors (Lipinski definition) is 5. The van der Waals surface area contributed by atoms with Crippen molar-refractivity contribution in [2.75, 3.05) is 7.11 Å². The summed E-state index contributed by atoms with van der Waals surface area (Å²) in [5.41, 5.74) is 3.66. The molecule has 3 aromatic rings. The Bertz CT molecular complexity index is 983. The maximum absolute atomic E-state index is 12.4. The van der Waals surface area contributed by atoms with E-state index in [9.17, 15) is 4.79 Å². The Labute approximate surface area is 170 Å². The average molecular weight is 391 g/mol. The van der Waals surface area contributed by atoms with E-state index < -0.39 is 0 Å². The number of para-hydroxylation sites is 1. The third-order valence-electron chi connectivity index (χ3n) is 5.34. The van der Waals surface area contributed by atoms with Crippen molar-refractivity contribution in [1.82, 2.24) is 15.5 Å². The molecule has 2 aromatic carbocycles. The number of fused-ring (bicyclic) bond motifs is 1. The third kappa shape index (κ3) is 4.65. The fourth-order valence-corrected chi connectivity index (χ4v) is 3.84. The maximum atomic E-state index is 12.4. The van der Waals surface area contributed by atoms with E-state index in [1.807, 2.05) is 36.4 Å². The van der Waals surface area contributed by atoms with Crippen molar-refractivity contribution in [2.45, 2.75) is 44.6 Å². The van der Waals surface area contributed by atoms with E-state index in [0.717, 1.165) is 30.6 Å². The van der Waals surface area contributed by atoms with Gasteiger partial charge in [0.05, 0.1) is 13.2 Å². The number of nitrogens with one attached hydrogen (secondary N) is 1. The first kappa shape index (κ1) is 19.2. The molecule has 1 aliphatic rings. The van der Waals surface area contributed by atoms with Crippen LogP contribution in [0.15, 0.2) is 52.9 Å². The summed E-state index contributed by atoms with van der Waals surface area (Å²) in [4.78, 5) is 12.4. The van der Waals surface area contributed by atoms with Gasteiger partial charge in [-0.2, -0.15) is 0 Å². The molecule has 0 saturated carbocycles. The topological polar surface area (TPSA) is 77.2 Å². The van der Waals surface area contributed by atoms with Gasteiger partial charge in [-0.3, -0.25) is 4.79 Å². The van der Waals surface area contributed by atoms with Crippen LogP contribution in [0.2, 0.25) is 0 Å². The first-order valence-corrected chi connectivity index (χ1v) is 10.0. The molecular weight excluding hydrogens is 366 g/mol. The highest BCUT2D eigenvalue weighted by molar-refractivity contribution is 5.76. The van der Waals surface area contributed by atoms with Crippen molar-refractivity contribution >= 4 is 5.91 Å². The van der Waals surface area contributed by atoms with E-state index in [2.05, 4.69) is 27.6 Å². The lowest BCUT2D eigenvalue weighted by atomic mass is 10.1. The number of carbonyl (C=O) groups is 1. The molecule has 0 fully saturated rings. The first-order chi connectivity index (χ1) is 14.2. The second kappa shape index (κ2) is 8.90. The molecule has 150 valence electrons. The number of hydrogen-bond donors (Lipinski definition) is 1. The predicted molar refractivity (Wildman–Crippen MR) is 109 cm³/mol. The first-order valence-electron chi connectivity index (χ1n) is 10.0. The van der Waals surface area contributed by atoms with Crippen molar-refractivity contribution < 1.29 is 13.9 Å². The SMILES string of the molecule is COc1ccccc1CCc1nnc(CCC(=O)N[C@@H]2CCc3ccccc32)o1. The van der Waals surface area contributed by atoms with Crippen molar-refractivity contribution in [1.29, 1.82) is 0 Å². The van der Waals surface area contributed by atoms with Gasteiger partial charge < -0.3 is 14.5 Å². The lowest BCUT2D eigenvalue weighted by Gasteiger charge is -2.13. The highest BCUT2D eigenvalue weighted by atomic mass is 16.5. The van der Waals surface area contributed by atoms with E-state index in [-0.39, 0.29) is 11.9 Å². The summed E-state index contributed by atoms with van der Waals surface area (Å²) in [6.07, 6.45) is 4.15. The molecule has 0 radical (unpaired) electrons. The van der Waals surface area contributed by atoms with Crippen LogP contribution in [0, 0.1) is 0 Å². The van der Waals surface area contributed by atoms with Gasteiger partial charge in [0, 0.05) is 19.3 Å². The van der Waals surface area contributed by atoms with E-state index in [0.29, 0.717) is 31.0 Å². The second-order valence-electron chi connectivity index (χ2n) is 7.26. The number of carbonyl (C=O) groups excluding carboxylic acids is 1. The Hall–Kier alpha value is -3.15. The second-order valence-corrected chi connectivity index (χ2v) is 7.26. The summed E-state index contributed by atoms with van der Waals surface area (Å²) in [5, 5.41) is 11.3. The van der Waals surface area contributed by atoms with Gasteiger partial charge in [0.1, 0.15) is 5.75 Å². The predicted octanol–water partition coefficient (Wildman–Crippen LogP) is 3.60. The van der Waals surface area contributed by atoms with Crippen LogP contribution in [0.5, 0.6) is 5.75 Å². The Balaban J connectivity index is 1.26. The number of ether oxygens (including phenoxy) is 1. The van der Waals surface area contributed by atoms with Crippen LogP contribution in [0.25, 0.3) is 0 Å². The van der Waals surface area contributed by atoms with E-state index in [1.165, 1.54) is 11.1 Å². The summed E-state index contributed by atoms with van der Waals surface area (Å²) < 4.78 is 11.1. The van der Waals surface area contributed by atoms with Crippen LogP contribution in [0.1, 0.15) is 47.4 Å². The van der Waals surface area contributed by atoms with Crippen LogP contribution in [0.4, 0.5) is 0 Å². The summed E-state index contributed by atoms with van der Waals surface area (Å²) in [6, 6.07) is 16.3. The van der Waals surface area contributed by atoms with Crippen LogP contribution in [-0.4, -0.2) is 23.2 Å². The normalized spacial score (nSPS) is 15.1. The van der Waals surface area contributed by atoms with Gasteiger partial charge in [0.25, 0.3) is 0 Å². The summed E-state index contributed by atoms with van der Waals surface area (Å²) in [5.74, 6) is 1.95. The van der Waals surface area contributed by atoms with Crippen LogP contribution < -0.4 is 10.1 Å². The van der Waals surface area contributed by atoms with Gasteiger partial charge in [0.15, 0.2) is 0 Å². The van der Waals surface area contributed by atoms with Gasteiger partial charge in [-0.1, -0.05) is 42.5 Å². The number of methoxy groups -OCH3 is 1. The van der Waals surface area contributed by atoms with Crippen molar-refractivity contribution in [3.05, 3.63) is 77.0 Å². The zero-order chi connectivity index (χ0) is 20.1. The highest BCUT2D eigenvalue weighted by Gasteiger charge is 2.23. The number of rotatable bonds is 8. The molecule has 1 heterocycles. The zero-order valence-corrected chi connectivity index (χ0v) is 16.6. The maximum Gasteiger partial charge on any atom is 0.220 e. The standard InChI is InChI=1S/C23H25N3O3/c1-28-20-9-5-3-7-17(20)11-14-22-25-26-23(29-22)15-13-21(27)24-19-12-10-16-6-2-4-8-18(16)19/h2-9,19H,10-15H2,1H3,(H,24,27)/t19-/m1/s1. The zero-order valence-electron chi connectivity index (χ0n) is 16.6. The van der Waals surface area contributed by atoms with Crippen LogP contribution in [0.3, 0.4) is 0 Å². The molecule has 1 amide bonds. The molecule has 0 aliphatic heterocycles. The number of amides is 1. The summed E-state index contributed by atoms with van der Waals surface area (Å²) in [6.45, 7) is 0. The van der Waals surface area contributed by atoms with E-state index >= 15 is 0 Å². The van der Waals surface area contributed by atoms with Gasteiger partial charge in [-0.05, 0) is 42.0 Å². The minimum absolute atomic E-state index is 0.0143. The Kier molecular flexibility index (Phi) is 5.89. The molecule has 29 heavy (non-hydrogen) atoms. The van der Waals surface area contributed by atoms with Gasteiger partial charge in [-0.15, -0.1) is 10.2 Å². The molecule has 4 rings (SSSR count).